The summed E-state index contributed by atoms with van der Waals surface area (Å²) >= 11 is 5.95. The molecular formula is C20H24ClFN4O2. The number of pyridine rings is 1. The van der Waals surface area contributed by atoms with Crippen molar-refractivity contribution >= 4 is 22.6 Å². The Bertz CT molecular complexity index is 969. The van der Waals surface area contributed by atoms with E-state index in [0.29, 0.717) is 30.2 Å². The van der Waals surface area contributed by atoms with Gasteiger partial charge in [-0.15, -0.1) is 0 Å². The molecule has 0 amide bonds. The minimum atomic E-state index is -0.516. The van der Waals surface area contributed by atoms with E-state index in [0.717, 1.165) is 16.6 Å². The Morgan fingerprint density at radius 1 is 1.29 bits per heavy atom. The molecule has 6 nitrogen and oxygen atoms in total. The minimum absolute atomic E-state index is 0.0778. The number of aliphatic hydroxyl groups excluding tert-OH is 1. The van der Waals surface area contributed by atoms with Crippen LogP contribution in [0.5, 0.6) is 5.75 Å². The summed E-state index contributed by atoms with van der Waals surface area (Å²) in [6, 6.07) is 6.75. The number of fused-ring (bicyclic) bond motifs is 1. The third kappa shape index (κ3) is 4.60. The molecule has 8 heteroatoms. The smallest absolute Gasteiger partial charge is 0.155 e. The van der Waals surface area contributed by atoms with Crippen molar-refractivity contribution in [1.82, 2.24) is 20.5 Å². The molecule has 28 heavy (non-hydrogen) atoms. The van der Waals surface area contributed by atoms with Crippen molar-refractivity contribution in [2.75, 3.05) is 13.2 Å². The monoisotopic (exact) mass is 406 g/mol. The average Bonchev–Trinajstić information content (AvgIpc) is 3.04. The number of aromatic nitrogens is 3. The predicted molar refractivity (Wildman–Crippen MR) is 107 cm³/mol. The fraction of sp³-hybridized carbons (Fsp3) is 0.400. The Morgan fingerprint density at radius 2 is 2.07 bits per heavy atom. The van der Waals surface area contributed by atoms with Crippen LogP contribution in [0.15, 0.2) is 24.3 Å². The number of hydrogen-bond acceptors (Lipinski definition) is 5. The molecule has 3 N–H and O–H groups in total. The van der Waals surface area contributed by atoms with Crippen LogP contribution in [0.4, 0.5) is 4.39 Å². The number of hydrogen-bond donors (Lipinski definition) is 3. The van der Waals surface area contributed by atoms with Gasteiger partial charge >= 0.3 is 0 Å². The second kappa shape index (κ2) is 8.43. The van der Waals surface area contributed by atoms with Crippen molar-refractivity contribution in [3.05, 3.63) is 52.1 Å². The summed E-state index contributed by atoms with van der Waals surface area (Å²) in [6.07, 6.45) is 0. The lowest BCUT2D eigenvalue weighted by Gasteiger charge is -2.23. The van der Waals surface area contributed by atoms with E-state index in [4.69, 9.17) is 21.4 Å². The highest BCUT2D eigenvalue weighted by atomic mass is 35.5. The number of H-pyrrole nitrogens is 1. The van der Waals surface area contributed by atoms with E-state index in [1.165, 1.54) is 6.07 Å². The van der Waals surface area contributed by atoms with Crippen LogP contribution in [0.2, 0.25) is 5.02 Å². The Kier molecular flexibility index (Phi) is 6.17. The molecule has 0 aliphatic heterocycles. The first-order chi connectivity index (χ1) is 13.3. The van der Waals surface area contributed by atoms with Crippen LogP contribution in [-0.2, 0) is 18.6 Å². The quantitative estimate of drug-likeness (QED) is 0.521. The van der Waals surface area contributed by atoms with Crippen LogP contribution in [0.25, 0.3) is 11.0 Å². The zero-order chi connectivity index (χ0) is 20.3. The van der Waals surface area contributed by atoms with E-state index >= 15 is 0 Å². The summed E-state index contributed by atoms with van der Waals surface area (Å²) in [5.41, 5.74) is 2.76. The summed E-state index contributed by atoms with van der Waals surface area (Å²) in [5, 5.41) is 20.0. The molecule has 2 heterocycles. The van der Waals surface area contributed by atoms with Crippen LogP contribution < -0.4 is 10.1 Å². The molecule has 0 unspecified atom stereocenters. The van der Waals surface area contributed by atoms with E-state index in [9.17, 15) is 4.39 Å². The highest BCUT2D eigenvalue weighted by Gasteiger charge is 2.22. The van der Waals surface area contributed by atoms with Gasteiger partial charge in [0.05, 0.1) is 17.3 Å². The largest absolute Gasteiger partial charge is 0.487 e. The molecule has 3 rings (SSSR count). The normalized spacial score (nSPS) is 11.9. The lowest BCUT2D eigenvalue weighted by molar-refractivity contribution is 0.291. The van der Waals surface area contributed by atoms with Gasteiger partial charge in [0.1, 0.15) is 23.9 Å². The van der Waals surface area contributed by atoms with Crippen molar-refractivity contribution in [3.8, 4) is 5.75 Å². The molecule has 0 atom stereocenters. The average molecular weight is 407 g/mol. The first-order valence-electron chi connectivity index (χ1n) is 9.06. The molecule has 0 radical (unpaired) electrons. The predicted octanol–water partition coefficient (Wildman–Crippen LogP) is 3.71. The van der Waals surface area contributed by atoms with E-state index in [-0.39, 0.29) is 23.7 Å². The van der Waals surface area contributed by atoms with E-state index in [1.54, 1.807) is 6.07 Å². The van der Waals surface area contributed by atoms with Crippen LogP contribution in [0.3, 0.4) is 0 Å². The van der Waals surface area contributed by atoms with Gasteiger partial charge in [0, 0.05) is 30.1 Å². The van der Waals surface area contributed by atoms with Gasteiger partial charge in [-0.2, -0.15) is 5.10 Å². The zero-order valence-electron chi connectivity index (χ0n) is 16.1. The lowest BCUT2D eigenvalue weighted by Crippen LogP contribution is -2.18. The summed E-state index contributed by atoms with van der Waals surface area (Å²) < 4.78 is 19.9. The number of aromatic amines is 1. The first kappa shape index (κ1) is 20.5. The van der Waals surface area contributed by atoms with Crippen molar-refractivity contribution in [1.29, 1.82) is 0 Å². The molecule has 2 aromatic heterocycles. The van der Waals surface area contributed by atoms with Crippen molar-refractivity contribution < 1.29 is 14.2 Å². The first-order valence-corrected chi connectivity index (χ1v) is 9.44. The SMILES string of the molecule is CC(C)(C)c1cc(Cl)c(F)cc1OCc1n[nH]c2nc(CNCCO)ccc12. The molecule has 0 saturated carbocycles. The molecule has 0 spiro atoms. The van der Waals surface area contributed by atoms with Gasteiger partial charge in [-0.05, 0) is 23.6 Å². The van der Waals surface area contributed by atoms with Crippen molar-refractivity contribution in [3.63, 3.8) is 0 Å². The fourth-order valence-corrected chi connectivity index (χ4v) is 3.05. The van der Waals surface area contributed by atoms with Gasteiger partial charge in [0.25, 0.3) is 0 Å². The van der Waals surface area contributed by atoms with Crippen molar-refractivity contribution in [2.45, 2.75) is 39.3 Å². The summed E-state index contributed by atoms with van der Waals surface area (Å²) in [6.45, 7) is 7.37. The number of nitrogens with one attached hydrogen (secondary N) is 2. The second-order valence-corrected chi connectivity index (χ2v) is 7.98. The van der Waals surface area contributed by atoms with Crippen LogP contribution in [0, 0.1) is 5.82 Å². The number of ether oxygens (including phenoxy) is 1. The Labute approximate surface area is 168 Å². The number of rotatable bonds is 7. The van der Waals surface area contributed by atoms with Crippen molar-refractivity contribution in [2.24, 2.45) is 0 Å². The molecule has 1 aromatic carbocycles. The maximum Gasteiger partial charge on any atom is 0.155 e. The summed E-state index contributed by atoms with van der Waals surface area (Å²) in [4.78, 5) is 4.51. The molecule has 3 aromatic rings. The lowest BCUT2D eigenvalue weighted by atomic mass is 9.86. The molecule has 150 valence electrons. The maximum atomic E-state index is 14.0. The zero-order valence-corrected chi connectivity index (χ0v) is 16.9. The third-order valence-corrected chi connectivity index (χ3v) is 4.64. The minimum Gasteiger partial charge on any atom is -0.487 e. The number of benzene rings is 1. The van der Waals surface area contributed by atoms with Gasteiger partial charge < -0.3 is 15.2 Å². The molecule has 0 saturated heterocycles. The van der Waals surface area contributed by atoms with Crippen LogP contribution in [-0.4, -0.2) is 33.4 Å². The van der Waals surface area contributed by atoms with Gasteiger partial charge in [0.2, 0.25) is 0 Å². The topological polar surface area (TPSA) is 83.1 Å². The van der Waals surface area contributed by atoms with Gasteiger partial charge in [-0.25, -0.2) is 9.37 Å². The number of nitrogens with zero attached hydrogens (tertiary/aromatic N) is 2. The van der Waals surface area contributed by atoms with Crippen LogP contribution >= 0.6 is 11.6 Å². The standard InChI is InChI=1S/C20H24ClFN4O2/c1-20(2,3)14-8-15(21)16(22)9-18(14)28-11-17-13-5-4-12(10-23-6-7-27)24-19(13)26-25-17/h4-5,8-9,23,27H,6-7,10-11H2,1-3H3,(H,24,25,26). The van der Waals surface area contributed by atoms with Crippen LogP contribution in [0.1, 0.15) is 37.7 Å². The molecule has 0 aliphatic carbocycles. The highest BCUT2D eigenvalue weighted by Crippen LogP contribution is 2.35. The van der Waals surface area contributed by atoms with E-state index in [2.05, 4.69) is 20.5 Å². The molecule has 0 aliphatic rings. The molecule has 0 fully saturated rings. The van der Waals surface area contributed by atoms with Gasteiger partial charge in [0.15, 0.2) is 5.65 Å². The number of aliphatic hydroxyl groups is 1. The Balaban J connectivity index is 1.80. The fourth-order valence-electron chi connectivity index (χ4n) is 2.88. The second-order valence-electron chi connectivity index (χ2n) is 7.57. The third-order valence-electron chi connectivity index (χ3n) is 4.35. The Morgan fingerprint density at radius 3 is 2.79 bits per heavy atom. The highest BCUT2D eigenvalue weighted by molar-refractivity contribution is 6.30. The summed E-state index contributed by atoms with van der Waals surface area (Å²) in [5.74, 6) is -0.0680. The maximum absolute atomic E-state index is 14.0. The van der Waals surface area contributed by atoms with Gasteiger partial charge in [-0.3, -0.25) is 5.10 Å². The Hall–Kier alpha value is -2.22. The van der Waals surface area contributed by atoms with E-state index in [1.807, 2.05) is 32.9 Å². The number of halogens is 2. The summed E-state index contributed by atoms with van der Waals surface area (Å²) in [7, 11) is 0. The van der Waals surface area contributed by atoms with E-state index < -0.39 is 5.82 Å². The molecular weight excluding hydrogens is 383 g/mol. The van der Waals surface area contributed by atoms with Gasteiger partial charge in [-0.1, -0.05) is 32.4 Å². The molecule has 0 bridgehead atoms.